The molecule has 0 saturated carbocycles. The van der Waals surface area contributed by atoms with Crippen LogP contribution in [-0.2, 0) is 23.5 Å². The van der Waals surface area contributed by atoms with Gasteiger partial charge in [0.05, 0.1) is 33.6 Å². The molecule has 4 aromatic rings. The number of rotatable bonds is 6. The number of hydrogen-bond acceptors (Lipinski definition) is 8. The predicted molar refractivity (Wildman–Crippen MR) is 160 cm³/mol. The van der Waals surface area contributed by atoms with E-state index >= 15 is 0 Å². The van der Waals surface area contributed by atoms with Crippen LogP contribution in [0.15, 0.2) is 84.9 Å². The van der Waals surface area contributed by atoms with Crippen LogP contribution in [0.1, 0.15) is 11.1 Å². The van der Waals surface area contributed by atoms with E-state index in [4.69, 9.17) is 74.7 Å². The van der Waals surface area contributed by atoms with Crippen molar-refractivity contribution in [3.63, 3.8) is 0 Å². The zero-order valence-electron chi connectivity index (χ0n) is 20.8. The smallest absolute Gasteiger partial charge is 0.405 e. The monoisotopic (exact) mass is 652 g/mol. The molecule has 212 valence electrons. The quantitative estimate of drug-likeness (QED) is 0.118. The average molecular weight is 654 g/mol. The van der Waals surface area contributed by atoms with Crippen LogP contribution in [0.4, 0.5) is 22.7 Å². The highest BCUT2D eigenvalue weighted by Crippen LogP contribution is 2.35. The lowest BCUT2D eigenvalue weighted by Crippen LogP contribution is -1.99. The second kappa shape index (κ2) is 16.6. The van der Waals surface area contributed by atoms with Gasteiger partial charge in [-0.1, -0.05) is 107 Å². The summed E-state index contributed by atoms with van der Waals surface area (Å²) < 4.78 is 34.1. The van der Waals surface area contributed by atoms with Gasteiger partial charge in [0.2, 0.25) is 10.8 Å². The van der Waals surface area contributed by atoms with E-state index in [0.29, 0.717) is 44.6 Å². The number of anilines is 2. The minimum atomic E-state index is -5.17. The zero-order valence-corrected chi connectivity index (χ0v) is 24.7. The van der Waals surface area contributed by atoms with Crippen molar-refractivity contribution in [3.05, 3.63) is 126 Å². The molecule has 0 saturated heterocycles. The van der Waals surface area contributed by atoms with Gasteiger partial charge in [0.25, 0.3) is 0 Å². The van der Waals surface area contributed by atoms with E-state index < -0.39 is 10.4 Å². The summed E-state index contributed by atoms with van der Waals surface area (Å²) in [6.07, 6.45) is 0. The molecule has 0 atom stereocenters. The molecular weight excluding hydrogens is 634 g/mol. The van der Waals surface area contributed by atoms with E-state index in [1.165, 1.54) is 12.1 Å². The van der Waals surface area contributed by atoms with Gasteiger partial charge in [-0.2, -0.15) is 0 Å². The van der Waals surface area contributed by atoms with Gasteiger partial charge < -0.3 is 19.7 Å². The van der Waals surface area contributed by atoms with Gasteiger partial charge in [0.1, 0.15) is 10.0 Å². The van der Waals surface area contributed by atoms with Gasteiger partial charge in [-0.25, -0.2) is 0 Å². The molecule has 0 aliphatic carbocycles. The van der Waals surface area contributed by atoms with E-state index in [2.05, 4.69) is 20.6 Å². The molecule has 10 nitrogen and oxygen atoms in total. The Morgan fingerprint density at radius 2 is 0.927 bits per heavy atom. The largest absolute Gasteiger partial charge is 0.759 e. The lowest BCUT2D eigenvalue weighted by molar-refractivity contribution is 0.352. The van der Waals surface area contributed by atoms with Gasteiger partial charge in [-0.05, 0) is 23.3 Å². The highest BCUT2D eigenvalue weighted by atomic mass is 35.5. The Morgan fingerprint density at radius 3 is 1.22 bits per heavy atom. The number of diazo groups is 2. The molecule has 41 heavy (non-hydrogen) atoms. The molecule has 0 bridgehead atoms. The maximum absolute atomic E-state index is 8.70. The third kappa shape index (κ3) is 12.6. The molecule has 0 unspecified atom stereocenters. The summed E-state index contributed by atoms with van der Waals surface area (Å²) >= 11 is 24.0. The summed E-state index contributed by atoms with van der Waals surface area (Å²) in [4.78, 5) is 6.09. The van der Waals surface area contributed by atoms with Gasteiger partial charge in [-0.15, -0.1) is 0 Å². The molecule has 0 heterocycles. The van der Waals surface area contributed by atoms with Crippen molar-refractivity contribution in [3.8, 4) is 0 Å². The maximum Gasteiger partial charge on any atom is 0.405 e. The molecule has 0 spiro atoms. The standard InChI is InChI=1S/2C13H10Cl2N3.H2O4S/c2*14-10-7-13(18-16)11(15)6-12(10)17-8-9-4-2-1-3-5-9;1-5(2,3)4/h2*1-7,17H,8H2;(H2,1,2,3,4)/q2*+1;/p-2. The summed E-state index contributed by atoms with van der Waals surface area (Å²) in [6, 6.07) is 26.2. The third-order valence-corrected chi connectivity index (χ3v) is 6.17. The van der Waals surface area contributed by atoms with E-state index in [1.807, 2.05) is 60.7 Å². The molecule has 4 aromatic carbocycles. The van der Waals surface area contributed by atoms with Crippen LogP contribution in [0.3, 0.4) is 0 Å². The molecule has 15 heteroatoms. The minimum absolute atomic E-state index is 0.256. The molecule has 0 radical (unpaired) electrons. The molecule has 0 aliphatic heterocycles. The number of nitrogens with zero attached hydrogens (tertiary/aromatic N) is 4. The third-order valence-electron chi connectivity index (χ3n) is 4.94. The number of halogens is 4. The summed E-state index contributed by atoms with van der Waals surface area (Å²) in [7, 11) is -5.17. The molecular formula is C26H20Cl4N6O4S. The molecule has 4 rings (SSSR count). The van der Waals surface area contributed by atoms with E-state index in [-0.39, 0.29) is 11.4 Å². The highest BCUT2D eigenvalue weighted by molar-refractivity contribution is 7.79. The summed E-state index contributed by atoms with van der Waals surface area (Å²) in [5, 5.41) is 25.4. The summed E-state index contributed by atoms with van der Waals surface area (Å²) in [6.45, 7) is 1.29. The first-order chi connectivity index (χ1) is 19.4. The highest BCUT2D eigenvalue weighted by Gasteiger charge is 2.16. The molecule has 0 aromatic heterocycles. The maximum atomic E-state index is 8.70. The molecule has 0 amide bonds. The van der Waals surface area contributed by atoms with E-state index in [9.17, 15) is 0 Å². The fourth-order valence-corrected chi connectivity index (χ4v) is 3.94. The SMILES string of the molecule is N#[N+]c1cc(Cl)c(NCc2ccccc2)cc1Cl.N#[N+]c1cc(Cl)c(NCc2ccccc2)cc1Cl.O=S(=O)([O-])[O-]. The first kappa shape index (κ1) is 33.6. The van der Waals surface area contributed by atoms with E-state index in [1.54, 1.807) is 12.1 Å². The van der Waals surface area contributed by atoms with Crippen molar-refractivity contribution < 1.29 is 17.5 Å². The van der Waals surface area contributed by atoms with Crippen molar-refractivity contribution in [1.82, 2.24) is 0 Å². The Morgan fingerprint density at radius 1 is 0.610 bits per heavy atom. The van der Waals surface area contributed by atoms with Crippen LogP contribution in [0, 0.1) is 10.8 Å². The van der Waals surface area contributed by atoms with Crippen molar-refractivity contribution in [2.45, 2.75) is 13.1 Å². The molecule has 0 aliphatic rings. The lowest BCUT2D eigenvalue weighted by atomic mass is 10.2. The van der Waals surface area contributed by atoms with Gasteiger partial charge in [0, 0.05) is 23.5 Å². The fraction of sp³-hybridized carbons (Fsp3) is 0.0769. The number of benzene rings is 4. The Bertz CT molecular complexity index is 1530. The minimum Gasteiger partial charge on any atom is -0.759 e. The average Bonchev–Trinajstić information content (AvgIpc) is 2.94. The van der Waals surface area contributed by atoms with Crippen molar-refractivity contribution in [2.24, 2.45) is 0 Å². The normalized spacial score (nSPS) is 10.0. The topological polar surface area (TPSA) is 161 Å². The number of hydrogen-bond donors (Lipinski definition) is 2. The summed E-state index contributed by atoms with van der Waals surface area (Å²) in [5.74, 6) is 0. The number of nitrogens with one attached hydrogen (secondary N) is 2. The Labute approximate surface area is 256 Å². The lowest BCUT2D eigenvalue weighted by Gasteiger charge is -2.07. The zero-order chi connectivity index (χ0) is 30.4. The van der Waals surface area contributed by atoms with Crippen LogP contribution in [0.2, 0.25) is 20.1 Å². The van der Waals surface area contributed by atoms with Gasteiger partial charge in [0.15, 0.2) is 9.95 Å². The van der Waals surface area contributed by atoms with Crippen LogP contribution in [0.25, 0.3) is 9.95 Å². The Hall–Kier alpha value is -3.65. The second-order valence-corrected chi connectivity index (χ2v) is 10.3. The second-order valence-electron chi connectivity index (χ2n) is 7.85. The van der Waals surface area contributed by atoms with Crippen molar-refractivity contribution in [1.29, 1.82) is 10.8 Å². The fourth-order valence-electron chi connectivity index (χ4n) is 3.08. The van der Waals surface area contributed by atoms with Crippen LogP contribution < -0.4 is 10.6 Å². The first-order valence-electron chi connectivity index (χ1n) is 11.3. The van der Waals surface area contributed by atoms with Crippen LogP contribution in [-0.4, -0.2) is 17.5 Å². The molecule has 0 fully saturated rings. The predicted octanol–water partition coefficient (Wildman–Crippen LogP) is 8.84. The Kier molecular flexibility index (Phi) is 13.6. The van der Waals surface area contributed by atoms with Crippen molar-refractivity contribution >= 4 is 79.6 Å². The van der Waals surface area contributed by atoms with Crippen molar-refractivity contribution in [2.75, 3.05) is 10.6 Å². The summed E-state index contributed by atoms with van der Waals surface area (Å²) in [5.41, 5.74) is 4.20. The van der Waals surface area contributed by atoms with Crippen LogP contribution >= 0.6 is 46.4 Å². The van der Waals surface area contributed by atoms with Gasteiger partial charge in [-0.3, -0.25) is 8.42 Å². The first-order valence-corrected chi connectivity index (χ1v) is 14.2. The van der Waals surface area contributed by atoms with Gasteiger partial charge >= 0.3 is 11.4 Å². The van der Waals surface area contributed by atoms with Crippen LogP contribution in [0.5, 0.6) is 0 Å². The Balaban J connectivity index is 0.000000247. The molecule has 2 N–H and O–H groups in total. The van der Waals surface area contributed by atoms with E-state index in [0.717, 1.165) is 11.1 Å².